The van der Waals surface area contributed by atoms with Crippen molar-refractivity contribution in [1.29, 1.82) is 0 Å². The molecule has 19 heavy (non-hydrogen) atoms. The Morgan fingerprint density at radius 3 is 2.68 bits per heavy atom. The fraction of sp³-hybridized carbons (Fsp3) is 0.308. The Morgan fingerprint density at radius 2 is 1.95 bits per heavy atom. The Hall–Kier alpha value is -1.66. The Kier molecular flexibility index (Phi) is 4.01. The first-order valence-electron chi connectivity index (χ1n) is 5.71. The van der Waals surface area contributed by atoms with E-state index in [1.807, 2.05) is 12.1 Å². The molecule has 3 nitrogen and oxygen atoms in total. The smallest absolute Gasteiger partial charge is 0.370 e. The largest absolute Gasteiger partial charge is 0.411 e. The molecule has 102 valence electrons. The molecule has 0 aliphatic heterocycles. The molecule has 0 spiro atoms. The molecule has 0 amide bonds. The monoisotopic (exact) mass is 270 g/mol. The van der Waals surface area contributed by atoms with Crippen LogP contribution in [0.2, 0.25) is 0 Å². The van der Waals surface area contributed by atoms with Crippen LogP contribution < -0.4 is 5.73 Å². The van der Waals surface area contributed by atoms with Gasteiger partial charge in [-0.05, 0) is 11.6 Å². The number of pyridine rings is 1. The van der Waals surface area contributed by atoms with E-state index in [9.17, 15) is 13.2 Å². The second kappa shape index (κ2) is 5.54. The molecule has 2 N–H and O–H groups in total. The summed E-state index contributed by atoms with van der Waals surface area (Å²) in [6, 6.07) is 8.43. The zero-order valence-electron chi connectivity index (χ0n) is 10.0. The maximum Gasteiger partial charge on any atom is 0.411 e. The number of benzene rings is 1. The minimum atomic E-state index is -4.34. The van der Waals surface area contributed by atoms with Gasteiger partial charge in [0.15, 0.2) is 0 Å². The van der Waals surface area contributed by atoms with Gasteiger partial charge >= 0.3 is 6.18 Å². The molecular formula is C13H13F3N2O. The predicted octanol–water partition coefficient (Wildman–Crippen LogP) is 2.81. The molecule has 0 saturated carbocycles. The summed E-state index contributed by atoms with van der Waals surface area (Å²) in [5.74, 6) is 0. The van der Waals surface area contributed by atoms with Gasteiger partial charge in [-0.25, -0.2) is 0 Å². The number of para-hydroxylation sites is 1. The summed E-state index contributed by atoms with van der Waals surface area (Å²) in [4.78, 5) is 4.20. The van der Waals surface area contributed by atoms with Crippen LogP contribution in [0.5, 0.6) is 0 Å². The van der Waals surface area contributed by atoms with Gasteiger partial charge < -0.3 is 10.5 Å². The highest BCUT2D eigenvalue weighted by Crippen LogP contribution is 2.22. The van der Waals surface area contributed by atoms with Crippen molar-refractivity contribution >= 4 is 10.9 Å². The van der Waals surface area contributed by atoms with Gasteiger partial charge in [0.05, 0.1) is 18.2 Å². The SMILES string of the molecule is NC(COCC(F)(F)F)c1cccc2cccnc12. The van der Waals surface area contributed by atoms with E-state index in [-0.39, 0.29) is 6.61 Å². The van der Waals surface area contributed by atoms with Gasteiger partial charge in [0.25, 0.3) is 0 Å². The number of alkyl halides is 3. The third-order valence-electron chi connectivity index (χ3n) is 2.63. The topological polar surface area (TPSA) is 48.1 Å². The summed E-state index contributed by atoms with van der Waals surface area (Å²) < 4.78 is 40.5. The van der Waals surface area contributed by atoms with E-state index >= 15 is 0 Å². The van der Waals surface area contributed by atoms with Crippen LogP contribution in [0.25, 0.3) is 10.9 Å². The first-order chi connectivity index (χ1) is 8.97. The van der Waals surface area contributed by atoms with E-state index < -0.39 is 18.8 Å². The highest BCUT2D eigenvalue weighted by molar-refractivity contribution is 5.81. The van der Waals surface area contributed by atoms with E-state index in [2.05, 4.69) is 9.72 Å². The molecule has 0 aliphatic rings. The molecule has 0 radical (unpaired) electrons. The number of hydrogen-bond donors (Lipinski definition) is 1. The van der Waals surface area contributed by atoms with Gasteiger partial charge in [-0.3, -0.25) is 4.98 Å². The molecule has 1 atom stereocenters. The van der Waals surface area contributed by atoms with Gasteiger partial charge in [-0.2, -0.15) is 13.2 Å². The third kappa shape index (κ3) is 3.65. The maximum absolute atomic E-state index is 12.0. The van der Waals surface area contributed by atoms with E-state index in [0.717, 1.165) is 5.39 Å². The van der Waals surface area contributed by atoms with E-state index in [1.54, 1.807) is 24.4 Å². The number of rotatable bonds is 4. The van der Waals surface area contributed by atoms with Crippen molar-refractivity contribution in [2.45, 2.75) is 12.2 Å². The molecule has 1 aromatic heterocycles. The van der Waals surface area contributed by atoms with Crippen LogP contribution in [0.3, 0.4) is 0 Å². The molecule has 2 rings (SSSR count). The number of aromatic nitrogens is 1. The fourth-order valence-corrected chi connectivity index (χ4v) is 1.82. The summed E-state index contributed by atoms with van der Waals surface area (Å²) in [6.07, 6.45) is -2.72. The molecule has 0 aliphatic carbocycles. The molecule has 0 fully saturated rings. The second-order valence-electron chi connectivity index (χ2n) is 4.16. The average Bonchev–Trinajstić information content (AvgIpc) is 2.36. The minimum absolute atomic E-state index is 0.199. The van der Waals surface area contributed by atoms with Crippen molar-refractivity contribution in [1.82, 2.24) is 4.98 Å². The summed E-state index contributed by atoms with van der Waals surface area (Å²) in [7, 11) is 0. The molecule has 0 bridgehead atoms. The number of fused-ring (bicyclic) bond motifs is 1. The van der Waals surface area contributed by atoms with Crippen LogP contribution in [0.15, 0.2) is 36.5 Å². The fourth-order valence-electron chi connectivity index (χ4n) is 1.82. The third-order valence-corrected chi connectivity index (χ3v) is 2.63. The lowest BCUT2D eigenvalue weighted by Crippen LogP contribution is -2.23. The minimum Gasteiger partial charge on any atom is -0.370 e. The van der Waals surface area contributed by atoms with Crippen molar-refractivity contribution in [3.8, 4) is 0 Å². The van der Waals surface area contributed by atoms with Crippen molar-refractivity contribution in [3.05, 3.63) is 42.1 Å². The van der Waals surface area contributed by atoms with Crippen LogP contribution in [0.1, 0.15) is 11.6 Å². The van der Waals surface area contributed by atoms with Crippen LogP contribution in [-0.4, -0.2) is 24.4 Å². The highest BCUT2D eigenvalue weighted by atomic mass is 19.4. The van der Waals surface area contributed by atoms with Gasteiger partial charge in [-0.15, -0.1) is 0 Å². The zero-order chi connectivity index (χ0) is 13.9. The summed E-state index contributed by atoms with van der Waals surface area (Å²) in [5.41, 5.74) is 7.23. The molecule has 6 heteroatoms. The van der Waals surface area contributed by atoms with Crippen LogP contribution in [-0.2, 0) is 4.74 Å². The van der Waals surface area contributed by atoms with Gasteiger partial charge in [0.1, 0.15) is 6.61 Å². The van der Waals surface area contributed by atoms with Gasteiger partial charge in [0.2, 0.25) is 0 Å². The van der Waals surface area contributed by atoms with Crippen molar-refractivity contribution in [2.24, 2.45) is 5.73 Å². The first-order valence-corrected chi connectivity index (χ1v) is 5.71. The Morgan fingerprint density at radius 1 is 1.21 bits per heavy atom. The summed E-state index contributed by atoms with van der Waals surface area (Å²) in [5, 5.41) is 0.895. The van der Waals surface area contributed by atoms with Gasteiger partial charge in [-0.1, -0.05) is 24.3 Å². The van der Waals surface area contributed by atoms with Crippen molar-refractivity contribution in [3.63, 3.8) is 0 Å². The highest BCUT2D eigenvalue weighted by Gasteiger charge is 2.27. The number of nitrogens with two attached hydrogens (primary N) is 1. The lowest BCUT2D eigenvalue weighted by Gasteiger charge is -2.15. The zero-order valence-corrected chi connectivity index (χ0v) is 10.0. The van der Waals surface area contributed by atoms with Crippen LogP contribution in [0, 0.1) is 0 Å². The van der Waals surface area contributed by atoms with Gasteiger partial charge in [0, 0.05) is 11.6 Å². The number of hydrogen-bond acceptors (Lipinski definition) is 3. The molecule has 2 aromatic rings. The normalized spacial score (nSPS) is 13.7. The molecular weight excluding hydrogens is 257 g/mol. The Balaban J connectivity index is 2.11. The maximum atomic E-state index is 12.0. The molecule has 0 saturated heterocycles. The lowest BCUT2D eigenvalue weighted by atomic mass is 10.0. The van der Waals surface area contributed by atoms with E-state index in [4.69, 9.17) is 5.73 Å². The summed E-state index contributed by atoms with van der Waals surface area (Å²) >= 11 is 0. The van der Waals surface area contributed by atoms with E-state index in [0.29, 0.717) is 11.1 Å². The average molecular weight is 270 g/mol. The number of halogens is 3. The van der Waals surface area contributed by atoms with E-state index in [1.165, 1.54) is 0 Å². The molecule has 1 aromatic carbocycles. The number of ether oxygens (including phenoxy) is 1. The molecule has 1 heterocycles. The Labute approximate surface area is 108 Å². The first kappa shape index (κ1) is 13.8. The number of nitrogens with zero attached hydrogens (tertiary/aromatic N) is 1. The van der Waals surface area contributed by atoms with Crippen molar-refractivity contribution in [2.75, 3.05) is 13.2 Å². The standard InChI is InChI=1S/C13H13F3N2O/c14-13(15,16)8-19-7-11(17)10-5-1-3-9-4-2-6-18-12(9)10/h1-6,11H,7-8,17H2. The lowest BCUT2D eigenvalue weighted by molar-refractivity contribution is -0.174. The van der Waals surface area contributed by atoms with Crippen LogP contribution >= 0.6 is 0 Å². The summed E-state index contributed by atoms with van der Waals surface area (Å²) in [6.45, 7) is -1.49. The van der Waals surface area contributed by atoms with Crippen molar-refractivity contribution < 1.29 is 17.9 Å². The Bertz CT molecular complexity index is 552. The second-order valence-corrected chi connectivity index (χ2v) is 4.16. The molecule has 1 unspecified atom stereocenters. The van der Waals surface area contributed by atoms with Crippen LogP contribution in [0.4, 0.5) is 13.2 Å². The predicted molar refractivity (Wildman–Crippen MR) is 65.5 cm³/mol. The quantitative estimate of drug-likeness (QED) is 0.929.